The number of hydrogen-bond donors (Lipinski definition) is 0. The van der Waals surface area contributed by atoms with Gasteiger partial charge in [-0.1, -0.05) is 41.5 Å². The van der Waals surface area contributed by atoms with E-state index in [1.807, 2.05) is 0 Å². The molecule has 0 saturated carbocycles. The molecule has 0 aromatic heterocycles. The first-order chi connectivity index (χ1) is 6.27. The third-order valence-electron chi connectivity index (χ3n) is 1.66. The van der Waals surface area contributed by atoms with Crippen LogP contribution in [-0.4, -0.2) is 12.6 Å². The fraction of sp³-hybridized carbons (Fsp3) is 0.700. The lowest BCUT2D eigenvalue weighted by Crippen LogP contribution is -1.99. The summed E-state index contributed by atoms with van der Waals surface area (Å²) in [7, 11) is 0. The first-order valence-corrected chi connectivity index (χ1v) is 5.90. The number of rotatable bonds is 7. The Morgan fingerprint density at radius 1 is 1.31 bits per heavy atom. The van der Waals surface area contributed by atoms with Crippen molar-refractivity contribution in [3.05, 3.63) is 10.2 Å². The van der Waals surface area contributed by atoms with Crippen molar-refractivity contribution >= 4 is 28.6 Å². The van der Waals surface area contributed by atoms with Crippen LogP contribution in [0.4, 0.5) is 0 Å². The quantitative estimate of drug-likeness (QED) is 0.408. The highest BCUT2D eigenvalue weighted by Gasteiger charge is 1.92. The van der Waals surface area contributed by atoms with Gasteiger partial charge in [0.05, 0.1) is 6.61 Å². The van der Waals surface area contributed by atoms with Gasteiger partial charge in [0.1, 0.15) is 0 Å². The fourth-order valence-electron chi connectivity index (χ4n) is 0.997. The van der Waals surface area contributed by atoms with Gasteiger partial charge in [0.25, 0.3) is 0 Å². The second kappa shape index (κ2) is 10.0. The minimum absolute atomic E-state index is 0.173. The molecule has 0 atom stereocenters. The minimum atomic E-state index is -0.173. The number of halogens is 1. The summed E-state index contributed by atoms with van der Waals surface area (Å²) in [4.78, 5) is 10.4. The number of carbonyl (C=O) groups excluding carboxylic acids is 1. The molecule has 0 aliphatic carbocycles. The van der Waals surface area contributed by atoms with Gasteiger partial charge in [-0.15, -0.1) is 0 Å². The molecule has 2 nitrogen and oxygen atoms in total. The van der Waals surface area contributed by atoms with Crippen LogP contribution in [0.2, 0.25) is 0 Å². The van der Waals surface area contributed by atoms with Gasteiger partial charge in [-0.2, -0.15) is 0 Å². The van der Waals surface area contributed by atoms with E-state index in [9.17, 15) is 4.79 Å². The van der Waals surface area contributed by atoms with Crippen LogP contribution in [0.5, 0.6) is 0 Å². The maximum atomic E-state index is 10.4. The summed E-state index contributed by atoms with van der Waals surface area (Å²) in [6.07, 6.45) is 7.95. The van der Waals surface area contributed by atoms with Gasteiger partial charge < -0.3 is 4.74 Å². The molecule has 0 aliphatic rings. The summed E-state index contributed by atoms with van der Waals surface area (Å²) < 4.78 is 6.87. The van der Waals surface area contributed by atoms with Crippen LogP contribution in [-0.2, 0) is 9.53 Å². The highest BCUT2D eigenvalue weighted by Crippen LogP contribution is 2.04. The van der Waals surface area contributed by atoms with E-state index in [2.05, 4.69) is 32.7 Å². The van der Waals surface area contributed by atoms with Gasteiger partial charge in [0.2, 0.25) is 0 Å². The maximum absolute atomic E-state index is 10.4. The van der Waals surface area contributed by atoms with Crippen LogP contribution in [0.25, 0.3) is 0 Å². The molecule has 0 aromatic rings. The molecule has 0 spiro atoms. The molecule has 76 valence electrons. The van der Waals surface area contributed by atoms with Gasteiger partial charge in [0.15, 0.2) is 0 Å². The Morgan fingerprint density at radius 3 is 2.62 bits per heavy atom. The smallest absolute Gasteiger partial charge is 0.302 e. The number of ether oxygens (including phenoxy) is 1. The molecule has 0 radical (unpaired) electrons. The average molecular weight is 296 g/mol. The van der Waals surface area contributed by atoms with Crippen molar-refractivity contribution in [1.82, 2.24) is 0 Å². The molecule has 0 bridgehead atoms. The molecule has 13 heavy (non-hydrogen) atoms. The zero-order valence-corrected chi connectivity index (χ0v) is 10.2. The molecule has 0 N–H and O–H groups in total. The predicted octanol–water partition coefficient (Wildman–Crippen LogP) is 3.45. The molecule has 0 amide bonds. The Bertz CT molecular complexity index is 155. The van der Waals surface area contributed by atoms with Crippen LogP contribution in [0, 0.1) is 0 Å². The Morgan fingerprint density at radius 2 is 2.00 bits per heavy atom. The molecular weight excluding hydrogens is 279 g/mol. The maximum Gasteiger partial charge on any atom is 0.302 e. The Hall–Kier alpha value is -0.0600. The molecule has 3 heteroatoms. The normalized spacial score (nSPS) is 10.6. The van der Waals surface area contributed by atoms with E-state index in [1.165, 1.54) is 19.8 Å². The van der Waals surface area contributed by atoms with Gasteiger partial charge in [-0.25, -0.2) is 0 Å². The van der Waals surface area contributed by atoms with E-state index < -0.39 is 0 Å². The van der Waals surface area contributed by atoms with Gasteiger partial charge in [-0.3, -0.25) is 4.79 Å². The molecule has 0 aromatic carbocycles. The lowest BCUT2D eigenvalue weighted by Gasteiger charge is -2.00. The number of unbranched alkanes of at least 4 members (excludes halogenated alkanes) is 4. The van der Waals surface area contributed by atoms with E-state index in [-0.39, 0.29) is 5.97 Å². The standard InChI is InChI=1S/C10H17IO2/c1-10(12)13-9-7-5-3-2-4-6-8-11/h6,8H,2-5,7,9H2,1H3/b8-6+. The molecule has 0 heterocycles. The second-order valence-corrected chi connectivity index (χ2v) is 3.62. The third kappa shape index (κ3) is 11.9. The van der Waals surface area contributed by atoms with Crippen molar-refractivity contribution in [3.8, 4) is 0 Å². The first kappa shape index (κ1) is 12.9. The van der Waals surface area contributed by atoms with Crippen molar-refractivity contribution in [1.29, 1.82) is 0 Å². The highest BCUT2D eigenvalue weighted by molar-refractivity contribution is 14.1. The van der Waals surface area contributed by atoms with Gasteiger partial charge >= 0.3 is 5.97 Å². The topological polar surface area (TPSA) is 26.3 Å². The molecule has 0 rings (SSSR count). The van der Waals surface area contributed by atoms with Crippen LogP contribution >= 0.6 is 22.6 Å². The third-order valence-corrected chi connectivity index (χ3v) is 2.17. The molecule has 0 unspecified atom stereocenters. The number of carbonyl (C=O) groups is 1. The molecule has 0 aliphatic heterocycles. The van der Waals surface area contributed by atoms with Crippen molar-refractivity contribution < 1.29 is 9.53 Å². The SMILES string of the molecule is CC(=O)OCCCCCC/C=C/I. The minimum Gasteiger partial charge on any atom is -0.466 e. The summed E-state index contributed by atoms with van der Waals surface area (Å²) in [5, 5.41) is 0. The van der Waals surface area contributed by atoms with Crippen LogP contribution in [0.15, 0.2) is 10.2 Å². The van der Waals surface area contributed by atoms with Crippen LogP contribution < -0.4 is 0 Å². The fourth-order valence-corrected chi connectivity index (χ4v) is 1.36. The van der Waals surface area contributed by atoms with E-state index in [1.54, 1.807) is 0 Å². The summed E-state index contributed by atoms with van der Waals surface area (Å²) in [6.45, 7) is 2.03. The lowest BCUT2D eigenvalue weighted by atomic mass is 10.1. The summed E-state index contributed by atoms with van der Waals surface area (Å²) in [5.41, 5.74) is 0. The average Bonchev–Trinajstić information content (AvgIpc) is 2.09. The molecular formula is C10H17IO2. The molecule has 0 saturated heterocycles. The van der Waals surface area contributed by atoms with Crippen molar-refractivity contribution in [2.45, 2.75) is 39.0 Å². The summed E-state index contributed by atoms with van der Waals surface area (Å²) in [5.74, 6) is -0.173. The molecule has 0 fully saturated rings. The Kier molecular flexibility index (Phi) is 9.98. The van der Waals surface area contributed by atoms with E-state index in [0.717, 1.165) is 19.3 Å². The summed E-state index contributed by atoms with van der Waals surface area (Å²) >= 11 is 2.23. The van der Waals surface area contributed by atoms with E-state index in [0.29, 0.717) is 6.61 Å². The van der Waals surface area contributed by atoms with Crippen molar-refractivity contribution in [2.75, 3.05) is 6.61 Å². The predicted molar refractivity (Wildman–Crippen MR) is 62.9 cm³/mol. The second-order valence-electron chi connectivity index (χ2n) is 2.90. The first-order valence-electron chi connectivity index (χ1n) is 4.66. The van der Waals surface area contributed by atoms with E-state index in [4.69, 9.17) is 4.74 Å². The van der Waals surface area contributed by atoms with Gasteiger partial charge in [-0.05, 0) is 23.3 Å². The number of allylic oxidation sites excluding steroid dienone is 1. The largest absolute Gasteiger partial charge is 0.466 e. The highest BCUT2D eigenvalue weighted by atomic mass is 127. The van der Waals surface area contributed by atoms with Crippen LogP contribution in [0.3, 0.4) is 0 Å². The zero-order valence-electron chi connectivity index (χ0n) is 8.09. The van der Waals surface area contributed by atoms with Crippen molar-refractivity contribution in [3.63, 3.8) is 0 Å². The number of hydrogen-bond acceptors (Lipinski definition) is 2. The Balaban J connectivity index is 2.95. The summed E-state index contributed by atoms with van der Waals surface area (Å²) in [6, 6.07) is 0. The zero-order chi connectivity index (χ0) is 9.94. The van der Waals surface area contributed by atoms with Crippen LogP contribution in [0.1, 0.15) is 39.0 Å². The number of esters is 1. The van der Waals surface area contributed by atoms with Gasteiger partial charge in [0, 0.05) is 6.92 Å². The van der Waals surface area contributed by atoms with Crippen molar-refractivity contribution in [2.24, 2.45) is 0 Å². The lowest BCUT2D eigenvalue weighted by molar-refractivity contribution is -0.141. The van der Waals surface area contributed by atoms with E-state index >= 15 is 0 Å². The monoisotopic (exact) mass is 296 g/mol. The Labute approximate surface area is 93.9 Å².